The SMILES string of the molecule is OC[C@H]1OC(OC[C@H]2O[C@@H]3O[C@H]4[C@H](O)[C@@H](O)[C@@H](O[C@H]5[C@H](O)[C@@H](O)[C@@H](O[C@H]6[C@H](O)[C@@H](O)[C@@H](O[C@H]7[C@H](O)[C@@H](O)[C@@H](O[C@H]8[C@H](O)[C@@H](O)[C@@H](O[C@H]9[C@H](O)[C@@H](O)[C@@H](O[C@H]2[C@H](O)[C@H]3O)O[C@@H]9CO)O[C@@H]8CO)O[C@@H]7CO)O[C@@H]6COC2O[C@H](CO)[C@@H](O)[C@H](O)[C@H]2O)O[C@@H]5COC2O[C@H](CO)[C@@H](O)[C@H](O)[C@H]2O)O[C@@H]4CO)[C@H](O)[C@@H](O)[C@@H]1O. The molecule has 24 heterocycles. The van der Waals surface area contributed by atoms with E-state index in [2.05, 4.69) is 0 Å². The quantitative estimate of drug-likeness (QED) is 0.0682. The van der Waals surface area contributed by atoms with Gasteiger partial charge < -0.3 is 248 Å². The van der Waals surface area contributed by atoms with Crippen LogP contribution in [0.2, 0.25) is 0 Å². The van der Waals surface area contributed by atoms with Gasteiger partial charge in [-0.05, 0) is 0 Å². The number of hydrogen-bond acceptors (Lipinski definition) is 50. The Bertz CT molecular complexity index is 2790. The van der Waals surface area contributed by atoms with Crippen molar-refractivity contribution in [1.82, 2.24) is 0 Å². The average molecular weight is 1620 g/mol. The molecule has 640 valence electrons. The molecule has 0 amide bonds. The van der Waals surface area contributed by atoms with Gasteiger partial charge in [0, 0.05) is 0 Å². The summed E-state index contributed by atoms with van der Waals surface area (Å²) in [7, 11) is 0. The van der Waals surface area contributed by atoms with E-state index in [1.54, 1.807) is 0 Å². The van der Waals surface area contributed by atoms with Crippen molar-refractivity contribution < 1.29 is 248 Å². The zero-order valence-corrected chi connectivity index (χ0v) is 57.5. The van der Waals surface area contributed by atoms with Crippen molar-refractivity contribution in [2.24, 2.45) is 0 Å². The number of rotatable bonds is 16. The lowest BCUT2D eigenvalue weighted by molar-refractivity contribution is -0.401. The van der Waals surface area contributed by atoms with Crippen molar-refractivity contribution in [3.05, 3.63) is 0 Å². The van der Waals surface area contributed by atoms with Crippen molar-refractivity contribution in [3.63, 3.8) is 0 Å². The summed E-state index contributed by atoms with van der Waals surface area (Å²) in [5.41, 5.74) is 0. The fourth-order valence-electron chi connectivity index (χ4n) is 14.6. The Kier molecular flexibility index (Phi) is 30.6. The molecule has 0 aromatic carbocycles. The number of ether oxygens (including phenoxy) is 20. The highest BCUT2D eigenvalue weighted by Gasteiger charge is 2.61. The van der Waals surface area contributed by atoms with Gasteiger partial charge in [0.15, 0.2) is 62.9 Å². The molecule has 0 saturated carbocycles. The van der Waals surface area contributed by atoms with E-state index in [0.717, 1.165) is 0 Å². The summed E-state index contributed by atoms with van der Waals surface area (Å²) in [5.74, 6) is 0. The van der Waals surface area contributed by atoms with Gasteiger partial charge in [0.1, 0.15) is 244 Å². The van der Waals surface area contributed by atoms with Gasteiger partial charge in [-0.2, -0.15) is 0 Å². The van der Waals surface area contributed by atoms with Gasteiger partial charge in [0.05, 0.1) is 66.1 Å². The zero-order chi connectivity index (χ0) is 80.1. The van der Waals surface area contributed by atoms with E-state index in [4.69, 9.17) is 94.7 Å². The monoisotopic (exact) mass is 1620 g/mol. The third-order valence-corrected chi connectivity index (χ3v) is 21.1. The fraction of sp³-hybridized carbons (Fsp3) is 1.00. The fourth-order valence-corrected chi connectivity index (χ4v) is 14.6. The summed E-state index contributed by atoms with van der Waals surface area (Å²) in [6.07, 6.45) is -108. The summed E-state index contributed by atoms with van der Waals surface area (Å²) < 4.78 is 116. The van der Waals surface area contributed by atoms with Crippen LogP contribution < -0.4 is 0 Å². The molecule has 30 N–H and O–H groups in total. The Morgan fingerprint density at radius 3 is 0.464 bits per heavy atom. The van der Waals surface area contributed by atoms with Crippen molar-refractivity contribution in [2.45, 2.75) is 307 Å². The molecule has 0 radical (unpaired) electrons. The first-order chi connectivity index (χ1) is 52.2. The maximum Gasteiger partial charge on any atom is 0.187 e. The van der Waals surface area contributed by atoms with E-state index >= 15 is 0 Å². The van der Waals surface area contributed by atoms with Crippen LogP contribution in [0.5, 0.6) is 0 Å². The Labute approximate surface area is 619 Å². The first-order valence-corrected chi connectivity index (χ1v) is 35.2. The molecular formula is C60H100O50. The lowest BCUT2D eigenvalue weighted by Crippen LogP contribution is -2.68. The second kappa shape index (κ2) is 37.9. The second-order valence-corrected chi connectivity index (χ2v) is 28.2. The Hall–Kier alpha value is -2.00. The number of aliphatic hydroxyl groups is 30. The van der Waals surface area contributed by atoms with Crippen LogP contribution in [0, 0.1) is 0 Å². The first kappa shape index (κ1) is 88.8. The molecule has 50 atom stereocenters. The first-order valence-electron chi connectivity index (χ1n) is 35.2. The Morgan fingerprint density at radius 2 is 0.300 bits per heavy atom. The summed E-state index contributed by atoms with van der Waals surface area (Å²) in [6.45, 7) is -11.1. The van der Waals surface area contributed by atoms with Crippen LogP contribution in [0.15, 0.2) is 0 Å². The van der Waals surface area contributed by atoms with Crippen LogP contribution in [-0.4, -0.2) is 526 Å². The standard InChI is InChI=1S/C60H100O50/c61-1-11-21(68)24(71)34(81)51(94-11)91-8-18-48-31(78)41(88)58(101-18)107-47-17(7-67)100-57(40(87)30(47)77)109-49-19(9-92-52-35(82)25(72)22(69)12(2-62)95-52)103-60(43(90)33(49)80)110-50-20(10-93-53-36(83)26(73)23(70)13(3-63)96-53)102-59(42(89)32(50)79)106-46-16(6-66)98-55(38(85)28(46)75)104-44-14(4-64)97-54(37(84)27(44)74)105-45-15(5-65)99-56(108-48)39(86)29(45)76/h11-90H,1-10H2/t11-,12-,13-,14-,15-,16-,17-,18-,19-,20-,21-,22-,23-,24+,25+,26+,27-,28-,29-,30-,31-,32-,33-,34-,35-,36-,37-,38-,39-,40-,41-,42-,43-,44-,45-,46-,47-,48-,49-,50-,51?,52?,53?,54-,55-,56-,57-,58-,59-,60-/m1/s1. The molecule has 110 heavy (non-hydrogen) atoms. The third kappa shape index (κ3) is 18.0. The summed E-state index contributed by atoms with van der Waals surface area (Å²) >= 11 is 0. The van der Waals surface area contributed by atoms with Gasteiger partial charge in [0.2, 0.25) is 0 Å². The molecule has 0 aliphatic carbocycles. The van der Waals surface area contributed by atoms with Crippen molar-refractivity contribution >= 4 is 0 Å². The lowest BCUT2D eigenvalue weighted by atomic mass is 9.95. The molecule has 50 heteroatoms. The number of hydrogen-bond donors (Lipinski definition) is 30. The maximum absolute atomic E-state index is 12.2. The van der Waals surface area contributed by atoms with Gasteiger partial charge >= 0.3 is 0 Å². The molecular weight excluding hydrogens is 1520 g/mol. The van der Waals surface area contributed by atoms with E-state index in [-0.39, 0.29) is 0 Å². The molecule has 24 rings (SSSR count). The predicted octanol–water partition coefficient (Wildman–Crippen LogP) is -21.8. The van der Waals surface area contributed by atoms with Crippen LogP contribution in [0.3, 0.4) is 0 Å². The Morgan fingerprint density at radius 1 is 0.145 bits per heavy atom. The van der Waals surface area contributed by atoms with E-state index in [1.807, 2.05) is 0 Å². The maximum atomic E-state index is 12.2. The zero-order valence-electron chi connectivity index (χ0n) is 57.5. The van der Waals surface area contributed by atoms with E-state index in [1.165, 1.54) is 0 Å². The van der Waals surface area contributed by atoms with Gasteiger partial charge in [-0.3, -0.25) is 0 Å². The third-order valence-electron chi connectivity index (χ3n) is 21.1. The van der Waals surface area contributed by atoms with Crippen LogP contribution in [0.1, 0.15) is 0 Å². The van der Waals surface area contributed by atoms with Gasteiger partial charge in [0.25, 0.3) is 0 Å². The molecule has 24 saturated heterocycles. The highest BCUT2D eigenvalue weighted by Crippen LogP contribution is 2.41. The van der Waals surface area contributed by atoms with Crippen LogP contribution in [0.25, 0.3) is 0 Å². The highest BCUT2D eigenvalue weighted by molar-refractivity contribution is 5.03. The average Bonchev–Trinajstić information content (AvgIpc) is 0.777. The molecule has 0 aromatic heterocycles. The summed E-state index contributed by atoms with van der Waals surface area (Å²) in [5, 5.41) is 335. The van der Waals surface area contributed by atoms with E-state index in [9.17, 15) is 153 Å². The van der Waals surface area contributed by atoms with Gasteiger partial charge in [-0.1, -0.05) is 0 Å². The van der Waals surface area contributed by atoms with Crippen LogP contribution in [0.4, 0.5) is 0 Å². The normalized spacial score (nSPS) is 55.0. The van der Waals surface area contributed by atoms with Crippen molar-refractivity contribution in [3.8, 4) is 0 Å². The van der Waals surface area contributed by atoms with Crippen LogP contribution in [-0.2, 0) is 94.7 Å². The second-order valence-electron chi connectivity index (χ2n) is 28.2. The molecule has 3 unspecified atom stereocenters. The van der Waals surface area contributed by atoms with Gasteiger partial charge in [-0.15, -0.1) is 0 Å². The highest BCUT2D eigenvalue weighted by atomic mass is 16.8. The Balaban J connectivity index is 0.939. The minimum atomic E-state index is -2.53. The van der Waals surface area contributed by atoms with Crippen LogP contribution >= 0.6 is 0 Å². The minimum Gasteiger partial charge on any atom is -0.394 e. The van der Waals surface area contributed by atoms with Crippen molar-refractivity contribution in [1.29, 1.82) is 0 Å². The molecule has 24 aliphatic rings. The molecule has 24 fully saturated rings. The topological polar surface area (TPSA) is 792 Å². The predicted molar refractivity (Wildman–Crippen MR) is 326 cm³/mol. The largest absolute Gasteiger partial charge is 0.394 e. The molecule has 0 aromatic rings. The molecule has 0 spiro atoms. The van der Waals surface area contributed by atoms with E-state index in [0.29, 0.717) is 0 Å². The molecule has 50 nitrogen and oxygen atoms in total. The smallest absolute Gasteiger partial charge is 0.187 e. The molecule has 14 bridgehead atoms. The number of aliphatic hydroxyl groups excluding tert-OH is 30. The molecule has 24 aliphatic heterocycles. The van der Waals surface area contributed by atoms with E-state index < -0.39 is 373 Å². The van der Waals surface area contributed by atoms with Crippen molar-refractivity contribution in [2.75, 3.05) is 66.1 Å². The summed E-state index contributed by atoms with van der Waals surface area (Å²) in [4.78, 5) is 0. The van der Waals surface area contributed by atoms with Gasteiger partial charge in [-0.25, -0.2) is 0 Å². The lowest BCUT2D eigenvalue weighted by Gasteiger charge is -2.50. The minimum absolute atomic E-state index is 0.968. The summed E-state index contributed by atoms with van der Waals surface area (Å²) in [6, 6.07) is 0.